The Bertz CT molecular complexity index is 1200. The molecule has 2 atom stereocenters. The first-order chi connectivity index (χ1) is 13.0. The molecule has 2 aliphatic rings. The van der Waals surface area contributed by atoms with Crippen molar-refractivity contribution in [3.8, 4) is 0 Å². The second-order valence-corrected chi connectivity index (χ2v) is 9.26. The van der Waals surface area contributed by atoms with Gasteiger partial charge in [0.05, 0.1) is 5.52 Å². The molecular weight excluding hydrogens is 362 g/mol. The van der Waals surface area contributed by atoms with E-state index in [9.17, 15) is 13.2 Å². The molecule has 1 fully saturated rings. The largest absolute Gasteiger partial charge is 0.312 e. The number of fused-ring (bicyclic) bond motifs is 5. The van der Waals surface area contributed by atoms with Crippen molar-refractivity contribution in [2.75, 3.05) is 13.1 Å². The summed E-state index contributed by atoms with van der Waals surface area (Å²) in [6.45, 7) is 1.40. The predicted octanol–water partition coefficient (Wildman–Crippen LogP) is 2.20. The quantitative estimate of drug-likeness (QED) is 0.682. The predicted molar refractivity (Wildman–Crippen MR) is 102 cm³/mol. The summed E-state index contributed by atoms with van der Waals surface area (Å²) in [4.78, 5) is 16.7. The van der Waals surface area contributed by atoms with Crippen LogP contribution in [0.1, 0.15) is 18.0 Å². The second kappa shape index (κ2) is 6.00. The lowest BCUT2D eigenvalue weighted by Gasteiger charge is -2.42. The van der Waals surface area contributed by atoms with Crippen LogP contribution >= 0.6 is 0 Å². The molecule has 6 nitrogen and oxygen atoms in total. The van der Waals surface area contributed by atoms with Crippen LogP contribution in [-0.2, 0) is 16.6 Å². The monoisotopic (exact) mass is 381 g/mol. The van der Waals surface area contributed by atoms with Crippen LogP contribution in [0.5, 0.6) is 0 Å². The van der Waals surface area contributed by atoms with Crippen LogP contribution in [-0.4, -0.2) is 35.4 Å². The first-order valence-electron chi connectivity index (χ1n) is 9.08. The Labute approximate surface area is 157 Å². The van der Waals surface area contributed by atoms with Crippen molar-refractivity contribution in [2.45, 2.75) is 23.8 Å². The van der Waals surface area contributed by atoms with Crippen molar-refractivity contribution in [2.24, 2.45) is 5.92 Å². The fraction of sp³-hybridized carbons (Fsp3) is 0.300. The highest BCUT2D eigenvalue weighted by Gasteiger charge is 2.39. The highest BCUT2D eigenvalue weighted by atomic mass is 32.2. The molecule has 3 aromatic rings. The number of aromatic nitrogens is 2. The molecule has 2 aromatic heterocycles. The van der Waals surface area contributed by atoms with E-state index >= 15 is 0 Å². The molecule has 0 saturated carbocycles. The van der Waals surface area contributed by atoms with Gasteiger partial charge in [-0.1, -0.05) is 24.3 Å². The summed E-state index contributed by atoms with van der Waals surface area (Å²) >= 11 is 0. The minimum absolute atomic E-state index is 0.00300. The van der Waals surface area contributed by atoms with Crippen molar-refractivity contribution < 1.29 is 8.42 Å². The molecule has 138 valence electrons. The van der Waals surface area contributed by atoms with E-state index in [0.29, 0.717) is 25.2 Å². The van der Waals surface area contributed by atoms with E-state index in [1.54, 1.807) is 40.8 Å². The Morgan fingerprint density at radius 1 is 0.963 bits per heavy atom. The van der Waals surface area contributed by atoms with E-state index in [4.69, 9.17) is 0 Å². The van der Waals surface area contributed by atoms with Crippen LogP contribution in [0.4, 0.5) is 0 Å². The standard InChI is InChI=1S/C20H19N3O3S/c24-19-8-2-6-17-16-10-14(12-23(17)19)11-22(13-16)27(25,26)18-7-1-4-15-5-3-9-21-20(15)18/h1-9,14,16H,10-13H2. The van der Waals surface area contributed by atoms with Gasteiger partial charge in [0.2, 0.25) is 10.0 Å². The van der Waals surface area contributed by atoms with Crippen LogP contribution < -0.4 is 5.56 Å². The molecule has 0 amide bonds. The van der Waals surface area contributed by atoms with Crippen molar-refractivity contribution in [1.82, 2.24) is 13.9 Å². The minimum atomic E-state index is -3.66. The van der Waals surface area contributed by atoms with Gasteiger partial charge in [-0.05, 0) is 30.5 Å². The molecule has 0 radical (unpaired) electrons. The zero-order valence-corrected chi connectivity index (χ0v) is 15.5. The molecule has 2 aliphatic heterocycles. The molecule has 0 aliphatic carbocycles. The Kier molecular flexibility index (Phi) is 3.70. The molecule has 2 bridgehead atoms. The van der Waals surface area contributed by atoms with Gasteiger partial charge in [-0.15, -0.1) is 0 Å². The number of rotatable bonds is 2. The van der Waals surface area contributed by atoms with Crippen LogP contribution in [0.3, 0.4) is 0 Å². The fourth-order valence-electron chi connectivity index (χ4n) is 4.47. The van der Waals surface area contributed by atoms with Gasteiger partial charge in [-0.2, -0.15) is 4.31 Å². The topological polar surface area (TPSA) is 72.3 Å². The maximum absolute atomic E-state index is 13.4. The maximum Gasteiger partial charge on any atom is 0.250 e. The highest BCUT2D eigenvalue weighted by Crippen LogP contribution is 2.37. The Balaban J connectivity index is 1.57. The molecule has 1 saturated heterocycles. The average Bonchev–Trinajstić information content (AvgIpc) is 2.68. The molecule has 0 N–H and O–H groups in total. The second-order valence-electron chi connectivity index (χ2n) is 7.35. The summed E-state index contributed by atoms with van der Waals surface area (Å²) < 4.78 is 30.2. The van der Waals surface area contributed by atoms with Gasteiger partial charge in [0.15, 0.2) is 0 Å². The number of sulfonamides is 1. The molecule has 7 heteroatoms. The normalized spacial score (nSPS) is 22.5. The number of hydrogen-bond donors (Lipinski definition) is 0. The van der Waals surface area contributed by atoms with Crippen LogP contribution in [0.2, 0.25) is 0 Å². The average molecular weight is 381 g/mol. The molecule has 0 spiro atoms. The molecule has 27 heavy (non-hydrogen) atoms. The molecule has 4 heterocycles. The smallest absolute Gasteiger partial charge is 0.250 e. The number of hydrogen-bond acceptors (Lipinski definition) is 4. The van der Waals surface area contributed by atoms with E-state index in [1.807, 2.05) is 22.8 Å². The Hall–Kier alpha value is -2.51. The van der Waals surface area contributed by atoms with Gasteiger partial charge >= 0.3 is 0 Å². The van der Waals surface area contributed by atoms with Crippen LogP contribution in [0.15, 0.2) is 64.4 Å². The number of benzene rings is 1. The van der Waals surface area contributed by atoms with E-state index in [0.717, 1.165) is 17.5 Å². The number of para-hydroxylation sites is 1. The molecular formula is C20H19N3O3S. The third-order valence-electron chi connectivity index (χ3n) is 5.66. The van der Waals surface area contributed by atoms with Crippen molar-refractivity contribution in [1.29, 1.82) is 0 Å². The summed E-state index contributed by atoms with van der Waals surface area (Å²) in [5, 5.41) is 0.813. The number of piperidine rings is 1. The van der Waals surface area contributed by atoms with Crippen LogP contribution in [0, 0.1) is 5.92 Å². The Morgan fingerprint density at radius 2 is 1.78 bits per heavy atom. The van der Waals surface area contributed by atoms with E-state index < -0.39 is 10.0 Å². The summed E-state index contributed by atoms with van der Waals surface area (Å²) in [6.07, 6.45) is 2.54. The molecule has 2 unspecified atom stereocenters. The SMILES string of the molecule is O=c1cccc2n1CC1CC2CN(S(=O)(=O)c2cccc3cccnc23)C1. The Morgan fingerprint density at radius 3 is 2.67 bits per heavy atom. The minimum Gasteiger partial charge on any atom is -0.312 e. The lowest BCUT2D eigenvalue weighted by Crippen LogP contribution is -2.49. The zero-order valence-electron chi connectivity index (χ0n) is 14.7. The maximum atomic E-state index is 13.4. The van der Waals surface area contributed by atoms with Gasteiger partial charge in [-0.25, -0.2) is 8.42 Å². The van der Waals surface area contributed by atoms with Gasteiger partial charge in [0.25, 0.3) is 5.56 Å². The number of nitrogens with zero attached hydrogens (tertiary/aromatic N) is 3. The van der Waals surface area contributed by atoms with Gasteiger partial charge < -0.3 is 4.57 Å². The molecule has 1 aromatic carbocycles. The van der Waals surface area contributed by atoms with E-state index in [2.05, 4.69) is 4.98 Å². The summed E-state index contributed by atoms with van der Waals surface area (Å²) in [6, 6.07) is 14.2. The van der Waals surface area contributed by atoms with E-state index in [1.165, 1.54) is 0 Å². The summed E-state index contributed by atoms with van der Waals surface area (Å²) in [5.74, 6) is 0.193. The van der Waals surface area contributed by atoms with Crippen molar-refractivity contribution in [3.05, 3.63) is 70.8 Å². The number of pyridine rings is 2. The van der Waals surface area contributed by atoms with E-state index in [-0.39, 0.29) is 22.3 Å². The molecule has 5 rings (SSSR count). The lowest BCUT2D eigenvalue weighted by molar-refractivity contribution is 0.186. The van der Waals surface area contributed by atoms with Crippen molar-refractivity contribution in [3.63, 3.8) is 0 Å². The first kappa shape index (κ1) is 16.6. The van der Waals surface area contributed by atoms with Gasteiger partial charge in [0, 0.05) is 48.9 Å². The van der Waals surface area contributed by atoms with Crippen molar-refractivity contribution >= 4 is 20.9 Å². The van der Waals surface area contributed by atoms with Crippen LogP contribution in [0.25, 0.3) is 10.9 Å². The van der Waals surface area contributed by atoms with Gasteiger partial charge in [0.1, 0.15) is 4.90 Å². The fourth-order valence-corrected chi connectivity index (χ4v) is 6.20. The summed E-state index contributed by atoms with van der Waals surface area (Å²) in [7, 11) is -3.66. The lowest BCUT2D eigenvalue weighted by atomic mass is 9.84. The zero-order chi connectivity index (χ0) is 18.6. The third-order valence-corrected chi connectivity index (χ3v) is 7.52. The van der Waals surface area contributed by atoms with Gasteiger partial charge in [-0.3, -0.25) is 9.78 Å². The first-order valence-corrected chi connectivity index (χ1v) is 10.5. The third kappa shape index (κ3) is 2.61. The summed E-state index contributed by atoms with van der Waals surface area (Å²) in [5.41, 5.74) is 1.44. The highest BCUT2D eigenvalue weighted by molar-refractivity contribution is 7.89.